The van der Waals surface area contributed by atoms with Crippen molar-refractivity contribution in [2.24, 2.45) is 0 Å². The van der Waals surface area contributed by atoms with E-state index >= 15 is 0 Å². The van der Waals surface area contributed by atoms with Crippen molar-refractivity contribution < 1.29 is 9.13 Å². The number of thioether (sulfide) groups is 2. The van der Waals surface area contributed by atoms with Crippen LogP contribution < -0.4 is 10.1 Å². The summed E-state index contributed by atoms with van der Waals surface area (Å²) in [5.74, 6) is 2.30. The summed E-state index contributed by atoms with van der Waals surface area (Å²) < 4.78 is 19.6. The molecule has 0 saturated heterocycles. The molecule has 1 heterocycles. The summed E-state index contributed by atoms with van der Waals surface area (Å²) in [6.45, 7) is 0. The molecule has 130 valence electrons. The van der Waals surface area contributed by atoms with Gasteiger partial charge in [0.05, 0.1) is 7.11 Å². The number of benzene rings is 2. The molecule has 0 radical (unpaired) electrons. The zero-order valence-corrected chi connectivity index (χ0v) is 15.9. The highest BCUT2D eigenvalue weighted by atomic mass is 32.2. The Morgan fingerprint density at radius 2 is 1.80 bits per heavy atom. The van der Waals surface area contributed by atoms with Crippen LogP contribution in [0.5, 0.6) is 5.75 Å². The van der Waals surface area contributed by atoms with Gasteiger partial charge in [0.1, 0.15) is 11.6 Å². The summed E-state index contributed by atoms with van der Waals surface area (Å²) in [5, 5.41) is 12.3. The second-order valence-corrected chi connectivity index (χ2v) is 8.31. The third-order valence-corrected chi connectivity index (χ3v) is 6.43. The molecule has 0 unspecified atom stereocenters. The number of nitrogens with zero attached hydrogens (tertiary/aromatic N) is 2. The Hall–Kier alpha value is -1.77. The fourth-order valence-corrected chi connectivity index (χ4v) is 4.72. The molecule has 4 nitrogen and oxygen atoms in total. The zero-order valence-electron chi connectivity index (χ0n) is 13.4. The monoisotopic (exact) mass is 393 g/mol. The van der Waals surface area contributed by atoms with Gasteiger partial charge in [0, 0.05) is 22.1 Å². The SMILES string of the molecule is COc1ccc(Nc2nnc(SCCSc3ccccc3F)s2)cc1. The first kappa shape index (κ1) is 18.0. The minimum absolute atomic E-state index is 0.167. The average molecular weight is 394 g/mol. The van der Waals surface area contributed by atoms with Crippen LogP contribution in [0, 0.1) is 5.82 Å². The number of ether oxygens (including phenoxy) is 1. The topological polar surface area (TPSA) is 47.0 Å². The Labute approximate surface area is 158 Å². The minimum Gasteiger partial charge on any atom is -0.497 e. The number of hydrogen-bond acceptors (Lipinski definition) is 7. The van der Waals surface area contributed by atoms with Crippen molar-refractivity contribution in [1.82, 2.24) is 10.2 Å². The van der Waals surface area contributed by atoms with E-state index in [1.165, 1.54) is 29.2 Å². The van der Waals surface area contributed by atoms with Crippen molar-refractivity contribution in [3.8, 4) is 5.75 Å². The molecule has 0 spiro atoms. The zero-order chi connectivity index (χ0) is 17.5. The van der Waals surface area contributed by atoms with E-state index in [4.69, 9.17) is 4.74 Å². The third kappa shape index (κ3) is 5.35. The van der Waals surface area contributed by atoms with E-state index in [1.54, 1.807) is 31.0 Å². The van der Waals surface area contributed by atoms with E-state index in [0.29, 0.717) is 4.90 Å². The van der Waals surface area contributed by atoms with Crippen molar-refractivity contribution in [3.63, 3.8) is 0 Å². The van der Waals surface area contributed by atoms with Gasteiger partial charge < -0.3 is 10.1 Å². The molecule has 3 aromatic rings. The third-order valence-electron chi connectivity index (χ3n) is 3.15. The molecule has 0 saturated carbocycles. The number of hydrogen-bond donors (Lipinski definition) is 1. The number of halogens is 1. The number of rotatable bonds is 8. The Balaban J connectivity index is 1.46. The highest BCUT2D eigenvalue weighted by Gasteiger charge is 2.06. The summed E-state index contributed by atoms with van der Waals surface area (Å²) in [7, 11) is 1.64. The van der Waals surface area contributed by atoms with E-state index in [0.717, 1.165) is 32.4 Å². The molecule has 2 aromatic carbocycles. The Morgan fingerprint density at radius 1 is 1.04 bits per heavy atom. The first-order valence-corrected chi connectivity index (χ1v) is 10.3. The molecule has 0 amide bonds. The lowest BCUT2D eigenvalue weighted by molar-refractivity contribution is 0.415. The van der Waals surface area contributed by atoms with Gasteiger partial charge in [0.25, 0.3) is 0 Å². The quantitative estimate of drug-likeness (QED) is 0.413. The number of methoxy groups -OCH3 is 1. The maximum Gasteiger partial charge on any atom is 0.210 e. The van der Waals surface area contributed by atoms with Crippen molar-refractivity contribution in [1.29, 1.82) is 0 Å². The average Bonchev–Trinajstić information content (AvgIpc) is 3.08. The van der Waals surface area contributed by atoms with Crippen molar-refractivity contribution >= 4 is 45.7 Å². The lowest BCUT2D eigenvalue weighted by atomic mass is 10.3. The first-order valence-electron chi connectivity index (χ1n) is 7.49. The standard InChI is InChI=1S/C17H16FN3OS3/c1-22-13-8-6-12(7-9-13)19-16-20-21-17(25-16)24-11-10-23-15-5-3-2-4-14(15)18/h2-9H,10-11H2,1H3,(H,19,20). The highest BCUT2D eigenvalue weighted by molar-refractivity contribution is 8.03. The molecule has 0 fully saturated rings. The molecule has 0 aliphatic carbocycles. The van der Waals surface area contributed by atoms with Gasteiger partial charge in [-0.2, -0.15) is 0 Å². The second-order valence-electron chi connectivity index (χ2n) is 4.85. The molecule has 3 rings (SSSR count). The lowest BCUT2D eigenvalue weighted by Gasteiger charge is -2.03. The number of anilines is 2. The van der Waals surface area contributed by atoms with Crippen LogP contribution >= 0.6 is 34.9 Å². The largest absolute Gasteiger partial charge is 0.497 e. The fourth-order valence-electron chi connectivity index (χ4n) is 1.96. The number of nitrogens with one attached hydrogen (secondary N) is 1. The minimum atomic E-state index is -0.167. The van der Waals surface area contributed by atoms with Crippen LogP contribution in [-0.2, 0) is 0 Å². The molecule has 8 heteroatoms. The van der Waals surface area contributed by atoms with E-state index in [1.807, 2.05) is 30.3 Å². The van der Waals surface area contributed by atoms with Gasteiger partial charge in [-0.1, -0.05) is 35.2 Å². The summed E-state index contributed by atoms with van der Waals surface area (Å²) in [4.78, 5) is 0.683. The van der Waals surface area contributed by atoms with Crippen LogP contribution in [0.4, 0.5) is 15.2 Å². The summed E-state index contributed by atoms with van der Waals surface area (Å²) in [5.41, 5.74) is 0.934. The van der Waals surface area contributed by atoms with Gasteiger partial charge in [-0.15, -0.1) is 22.0 Å². The first-order chi connectivity index (χ1) is 12.2. The van der Waals surface area contributed by atoms with Crippen LogP contribution in [0.15, 0.2) is 57.8 Å². The van der Waals surface area contributed by atoms with E-state index in [-0.39, 0.29) is 5.82 Å². The summed E-state index contributed by atoms with van der Waals surface area (Å²) in [6, 6.07) is 14.5. The normalized spacial score (nSPS) is 10.6. The smallest absolute Gasteiger partial charge is 0.210 e. The van der Waals surface area contributed by atoms with Gasteiger partial charge in [-0.05, 0) is 36.4 Å². The molecule has 1 N–H and O–H groups in total. The van der Waals surface area contributed by atoms with Gasteiger partial charge >= 0.3 is 0 Å². The molecule has 0 bridgehead atoms. The Bertz CT molecular complexity index is 811. The summed E-state index contributed by atoms with van der Waals surface area (Å²) >= 11 is 4.64. The second kappa shape index (κ2) is 9.07. The van der Waals surface area contributed by atoms with Crippen LogP contribution in [0.2, 0.25) is 0 Å². The van der Waals surface area contributed by atoms with Gasteiger partial charge in [0.15, 0.2) is 4.34 Å². The van der Waals surface area contributed by atoms with E-state index in [9.17, 15) is 4.39 Å². The van der Waals surface area contributed by atoms with E-state index in [2.05, 4.69) is 15.5 Å². The number of aromatic nitrogens is 2. The molecule has 0 atom stereocenters. The van der Waals surface area contributed by atoms with Crippen molar-refractivity contribution in [2.45, 2.75) is 9.24 Å². The fraction of sp³-hybridized carbons (Fsp3) is 0.176. The molecule has 0 aliphatic heterocycles. The van der Waals surface area contributed by atoms with Gasteiger partial charge in [-0.3, -0.25) is 0 Å². The van der Waals surface area contributed by atoms with Crippen LogP contribution in [0.3, 0.4) is 0 Å². The predicted octanol–water partition coefficient (Wildman–Crippen LogP) is 5.31. The van der Waals surface area contributed by atoms with Crippen LogP contribution in [-0.4, -0.2) is 28.8 Å². The molecule has 25 heavy (non-hydrogen) atoms. The highest BCUT2D eigenvalue weighted by Crippen LogP contribution is 2.30. The Morgan fingerprint density at radius 3 is 2.56 bits per heavy atom. The van der Waals surface area contributed by atoms with E-state index < -0.39 is 0 Å². The van der Waals surface area contributed by atoms with Gasteiger partial charge in [-0.25, -0.2) is 4.39 Å². The molecule has 1 aromatic heterocycles. The maximum absolute atomic E-state index is 13.5. The predicted molar refractivity (Wildman–Crippen MR) is 104 cm³/mol. The molecular formula is C17H16FN3OS3. The Kier molecular flexibility index (Phi) is 6.55. The van der Waals surface area contributed by atoms with Crippen LogP contribution in [0.25, 0.3) is 0 Å². The van der Waals surface area contributed by atoms with Crippen LogP contribution in [0.1, 0.15) is 0 Å². The molecule has 0 aliphatic rings. The summed E-state index contributed by atoms with van der Waals surface area (Å²) in [6.07, 6.45) is 0. The van der Waals surface area contributed by atoms with Crippen molar-refractivity contribution in [2.75, 3.05) is 23.9 Å². The van der Waals surface area contributed by atoms with Gasteiger partial charge in [0.2, 0.25) is 5.13 Å². The van der Waals surface area contributed by atoms with Crippen molar-refractivity contribution in [3.05, 3.63) is 54.3 Å². The lowest BCUT2D eigenvalue weighted by Crippen LogP contribution is -1.89. The molecular weight excluding hydrogens is 377 g/mol. The maximum atomic E-state index is 13.5.